The number of aromatic hydroxyl groups is 1. The van der Waals surface area contributed by atoms with Crippen LogP contribution in [-0.4, -0.2) is 22.9 Å². The monoisotopic (exact) mass is 331 g/mol. The number of nitrogens with zero attached hydrogens (tertiary/aromatic N) is 1. The van der Waals surface area contributed by atoms with Crippen molar-refractivity contribution in [1.82, 2.24) is 4.57 Å². The highest BCUT2D eigenvalue weighted by molar-refractivity contribution is 5.88. The van der Waals surface area contributed by atoms with Crippen LogP contribution in [0.2, 0.25) is 0 Å². The summed E-state index contributed by atoms with van der Waals surface area (Å²) < 4.78 is 12.9. The van der Waals surface area contributed by atoms with Crippen LogP contribution in [0.1, 0.15) is 32.6 Å². The second kappa shape index (κ2) is 8.43. The molecule has 130 valence electrons. The predicted octanol–water partition coefficient (Wildman–Crippen LogP) is 3.77. The number of benzene rings is 1. The van der Waals surface area contributed by atoms with Gasteiger partial charge >= 0.3 is 0 Å². The maximum Gasteiger partial charge on any atom is 0.297 e. The van der Waals surface area contributed by atoms with Crippen LogP contribution in [-0.2, 0) is 7.05 Å². The van der Waals surface area contributed by atoms with Crippen molar-refractivity contribution in [2.45, 2.75) is 32.6 Å². The summed E-state index contributed by atoms with van der Waals surface area (Å²) in [7, 11) is 1.65. The van der Waals surface area contributed by atoms with E-state index >= 15 is 0 Å². The fourth-order valence-electron chi connectivity index (χ4n) is 2.59. The lowest BCUT2D eigenvalue weighted by atomic mass is 10.1. The molecule has 0 amide bonds. The molecule has 0 atom stereocenters. The van der Waals surface area contributed by atoms with Crippen molar-refractivity contribution in [3.63, 3.8) is 0 Å². The number of fused-ring (bicyclic) bond motifs is 1. The molecule has 5 heteroatoms. The Kier molecular flexibility index (Phi) is 6.29. The molecule has 0 aliphatic heterocycles. The molecule has 0 aliphatic carbocycles. The molecule has 0 spiro atoms. The first-order valence-electron chi connectivity index (χ1n) is 8.32. The molecular formula is C19H25NO4. The Balaban J connectivity index is 2.44. The van der Waals surface area contributed by atoms with Gasteiger partial charge in [-0.15, -0.1) is 0 Å². The summed E-state index contributed by atoms with van der Waals surface area (Å²) in [6.45, 7) is 6.52. The van der Waals surface area contributed by atoms with Crippen LogP contribution in [0.25, 0.3) is 10.9 Å². The van der Waals surface area contributed by atoms with E-state index in [-0.39, 0.29) is 23.7 Å². The Morgan fingerprint density at radius 1 is 1.21 bits per heavy atom. The van der Waals surface area contributed by atoms with Gasteiger partial charge in [-0.1, -0.05) is 38.8 Å². The molecule has 0 aliphatic rings. The van der Waals surface area contributed by atoms with E-state index in [0.717, 1.165) is 31.1 Å². The van der Waals surface area contributed by atoms with Gasteiger partial charge in [0.15, 0.2) is 5.75 Å². The number of hydrogen-bond donors (Lipinski definition) is 1. The van der Waals surface area contributed by atoms with E-state index in [2.05, 4.69) is 13.5 Å². The number of ether oxygens (including phenoxy) is 2. The average molecular weight is 331 g/mol. The van der Waals surface area contributed by atoms with Gasteiger partial charge in [-0.3, -0.25) is 4.79 Å². The summed E-state index contributed by atoms with van der Waals surface area (Å²) in [6.07, 6.45) is 5.91. The minimum atomic E-state index is -0.293. The Morgan fingerprint density at radius 3 is 2.71 bits per heavy atom. The summed E-state index contributed by atoms with van der Waals surface area (Å²) in [5.74, 6) is 0.726. The van der Waals surface area contributed by atoms with Gasteiger partial charge in [0.05, 0.1) is 12.1 Å². The SMILES string of the molecule is C=CCOc1c(OCCCCCC)c2ccc(O)cc2n(C)c1=O. The first-order valence-corrected chi connectivity index (χ1v) is 8.32. The molecule has 1 aromatic carbocycles. The van der Waals surface area contributed by atoms with Crippen LogP contribution in [0.5, 0.6) is 17.2 Å². The zero-order chi connectivity index (χ0) is 17.5. The number of phenols is 1. The van der Waals surface area contributed by atoms with Gasteiger partial charge in [0.25, 0.3) is 5.56 Å². The summed E-state index contributed by atoms with van der Waals surface area (Å²) >= 11 is 0. The highest BCUT2D eigenvalue weighted by Gasteiger charge is 2.18. The molecule has 0 saturated heterocycles. The smallest absolute Gasteiger partial charge is 0.297 e. The third kappa shape index (κ3) is 3.91. The van der Waals surface area contributed by atoms with Crippen molar-refractivity contribution >= 4 is 10.9 Å². The lowest BCUT2D eigenvalue weighted by Gasteiger charge is -2.16. The third-order valence-corrected chi connectivity index (χ3v) is 3.88. The van der Waals surface area contributed by atoms with Crippen molar-refractivity contribution in [2.24, 2.45) is 7.05 Å². The standard InChI is InChI=1S/C19H25NO4/c1-4-6-7-8-12-24-17-15-10-9-14(21)13-16(15)20(3)19(22)18(17)23-11-5-2/h5,9-10,13,21H,2,4,6-8,11-12H2,1,3H3. The molecule has 1 heterocycles. The maximum absolute atomic E-state index is 12.6. The van der Waals surface area contributed by atoms with Gasteiger partial charge in [-0.25, -0.2) is 0 Å². The molecule has 0 unspecified atom stereocenters. The number of aryl methyl sites for hydroxylation is 1. The number of rotatable bonds is 9. The van der Waals surface area contributed by atoms with Crippen LogP contribution < -0.4 is 15.0 Å². The Bertz CT molecular complexity index is 764. The molecule has 1 N–H and O–H groups in total. The van der Waals surface area contributed by atoms with Gasteiger partial charge in [-0.2, -0.15) is 0 Å². The molecule has 1 aromatic heterocycles. The summed E-state index contributed by atoms with van der Waals surface area (Å²) in [5, 5.41) is 10.5. The molecule has 2 rings (SSSR count). The van der Waals surface area contributed by atoms with Crippen molar-refractivity contribution in [2.75, 3.05) is 13.2 Å². The minimum Gasteiger partial charge on any atom is -0.508 e. The maximum atomic E-state index is 12.6. The van der Waals surface area contributed by atoms with Gasteiger partial charge in [0.2, 0.25) is 5.75 Å². The number of aromatic nitrogens is 1. The first kappa shape index (κ1) is 17.9. The van der Waals surface area contributed by atoms with E-state index in [9.17, 15) is 9.90 Å². The second-order valence-corrected chi connectivity index (χ2v) is 5.73. The normalized spacial score (nSPS) is 10.8. The molecule has 0 bridgehead atoms. The lowest BCUT2D eigenvalue weighted by Crippen LogP contribution is -2.21. The Labute approximate surface area is 142 Å². The van der Waals surface area contributed by atoms with E-state index in [4.69, 9.17) is 9.47 Å². The number of pyridine rings is 1. The van der Waals surface area contributed by atoms with Crippen molar-refractivity contribution in [3.05, 3.63) is 41.2 Å². The van der Waals surface area contributed by atoms with Crippen LogP contribution in [0.4, 0.5) is 0 Å². The number of hydrogen-bond acceptors (Lipinski definition) is 4. The molecule has 0 fully saturated rings. The first-order chi connectivity index (χ1) is 11.6. The van der Waals surface area contributed by atoms with Gasteiger partial charge < -0.3 is 19.1 Å². The Hall–Kier alpha value is -2.43. The highest BCUT2D eigenvalue weighted by atomic mass is 16.5. The highest BCUT2D eigenvalue weighted by Crippen LogP contribution is 2.34. The largest absolute Gasteiger partial charge is 0.508 e. The predicted molar refractivity (Wildman–Crippen MR) is 96.2 cm³/mol. The van der Waals surface area contributed by atoms with Crippen LogP contribution in [0.15, 0.2) is 35.6 Å². The quantitative estimate of drug-likeness (QED) is 0.561. The fraction of sp³-hybridized carbons (Fsp3) is 0.421. The van der Waals surface area contributed by atoms with Crippen LogP contribution >= 0.6 is 0 Å². The van der Waals surface area contributed by atoms with Gasteiger partial charge in [0, 0.05) is 18.5 Å². The van der Waals surface area contributed by atoms with Crippen LogP contribution in [0, 0.1) is 0 Å². The van der Waals surface area contributed by atoms with E-state index in [1.165, 1.54) is 4.57 Å². The molecular weight excluding hydrogens is 306 g/mol. The second-order valence-electron chi connectivity index (χ2n) is 5.73. The topological polar surface area (TPSA) is 60.7 Å². The molecule has 5 nitrogen and oxygen atoms in total. The van der Waals surface area contributed by atoms with Crippen molar-refractivity contribution in [1.29, 1.82) is 0 Å². The van der Waals surface area contributed by atoms with E-state index < -0.39 is 0 Å². The minimum absolute atomic E-state index is 0.103. The average Bonchev–Trinajstić information content (AvgIpc) is 2.58. The van der Waals surface area contributed by atoms with Crippen LogP contribution in [0.3, 0.4) is 0 Å². The summed E-state index contributed by atoms with van der Waals surface area (Å²) in [6, 6.07) is 4.87. The third-order valence-electron chi connectivity index (χ3n) is 3.88. The fourth-order valence-corrected chi connectivity index (χ4v) is 2.59. The zero-order valence-electron chi connectivity index (χ0n) is 14.4. The van der Waals surface area contributed by atoms with E-state index in [1.807, 2.05) is 0 Å². The van der Waals surface area contributed by atoms with Crippen molar-refractivity contribution < 1.29 is 14.6 Å². The van der Waals surface area contributed by atoms with E-state index in [0.29, 0.717) is 17.9 Å². The van der Waals surface area contributed by atoms with Crippen molar-refractivity contribution in [3.8, 4) is 17.2 Å². The molecule has 0 radical (unpaired) electrons. The molecule has 2 aromatic rings. The number of phenolic OH excluding ortho intramolecular Hbond substituents is 1. The molecule has 24 heavy (non-hydrogen) atoms. The Morgan fingerprint density at radius 2 is 2.00 bits per heavy atom. The number of unbranched alkanes of at least 4 members (excludes halogenated alkanes) is 3. The summed E-state index contributed by atoms with van der Waals surface area (Å²) in [4.78, 5) is 12.6. The zero-order valence-corrected chi connectivity index (χ0v) is 14.4. The van der Waals surface area contributed by atoms with E-state index in [1.54, 1.807) is 31.3 Å². The molecule has 0 saturated carbocycles. The lowest BCUT2D eigenvalue weighted by molar-refractivity contribution is 0.276. The summed E-state index contributed by atoms with van der Waals surface area (Å²) in [5.41, 5.74) is 0.313. The van der Waals surface area contributed by atoms with Gasteiger partial charge in [0.1, 0.15) is 12.4 Å². The van der Waals surface area contributed by atoms with Gasteiger partial charge in [-0.05, 0) is 18.6 Å².